The molecular formula is C21H25N3O4S2. The van der Waals surface area contributed by atoms with E-state index in [1.807, 2.05) is 25.1 Å². The number of carbonyl (C=O) groups is 1. The fourth-order valence-corrected chi connectivity index (χ4v) is 4.99. The van der Waals surface area contributed by atoms with E-state index < -0.39 is 10.0 Å². The summed E-state index contributed by atoms with van der Waals surface area (Å²) in [5, 5.41) is 0.743. The van der Waals surface area contributed by atoms with Gasteiger partial charge in [-0.25, -0.2) is 17.7 Å². The topological polar surface area (TPSA) is 79.3 Å². The molecule has 0 aliphatic carbocycles. The minimum atomic E-state index is -3.56. The van der Waals surface area contributed by atoms with E-state index in [4.69, 9.17) is 4.74 Å². The molecule has 1 amide bonds. The lowest BCUT2D eigenvalue weighted by Gasteiger charge is -2.17. The summed E-state index contributed by atoms with van der Waals surface area (Å²) in [6, 6.07) is 13.8. The molecule has 0 saturated carbocycles. The van der Waals surface area contributed by atoms with E-state index in [-0.39, 0.29) is 16.1 Å². The standard InChI is InChI=1S/C21H25N3O4S2/c1-15-13-24(20(25)17-8-5-7-16(11-17)14-28-4)21(29-15)22-18-9-6-10-19(12-18)30(26,27)23(2)3/h5-12,15H,13-14H2,1-4H3. The molecule has 9 heteroatoms. The van der Waals surface area contributed by atoms with Crippen LogP contribution in [0.3, 0.4) is 0 Å². The van der Waals surface area contributed by atoms with E-state index in [1.54, 1.807) is 30.2 Å². The molecular weight excluding hydrogens is 422 g/mol. The quantitative estimate of drug-likeness (QED) is 0.679. The molecule has 0 N–H and O–H groups in total. The summed E-state index contributed by atoms with van der Waals surface area (Å²) >= 11 is 1.50. The molecule has 2 aromatic carbocycles. The minimum absolute atomic E-state index is 0.138. The molecule has 1 unspecified atom stereocenters. The minimum Gasteiger partial charge on any atom is -0.380 e. The van der Waals surface area contributed by atoms with E-state index in [1.165, 1.54) is 38.0 Å². The maximum atomic E-state index is 13.2. The summed E-state index contributed by atoms with van der Waals surface area (Å²) in [5.41, 5.74) is 1.97. The molecule has 1 saturated heterocycles. The van der Waals surface area contributed by atoms with E-state index >= 15 is 0 Å². The number of methoxy groups -OCH3 is 1. The van der Waals surface area contributed by atoms with Crippen molar-refractivity contribution in [1.82, 2.24) is 9.21 Å². The normalized spacial score (nSPS) is 18.4. The van der Waals surface area contributed by atoms with Crippen molar-refractivity contribution in [2.45, 2.75) is 23.7 Å². The van der Waals surface area contributed by atoms with Crippen molar-refractivity contribution < 1.29 is 17.9 Å². The van der Waals surface area contributed by atoms with Gasteiger partial charge in [-0.3, -0.25) is 9.69 Å². The summed E-state index contributed by atoms with van der Waals surface area (Å²) in [6.45, 7) is 2.99. The zero-order valence-corrected chi connectivity index (χ0v) is 19.0. The van der Waals surface area contributed by atoms with Gasteiger partial charge in [0.25, 0.3) is 5.91 Å². The first-order valence-electron chi connectivity index (χ1n) is 9.40. The lowest BCUT2D eigenvalue weighted by Crippen LogP contribution is -2.32. The third-order valence-electron chi connectivity index (χ3n) is 4.53. The summed E-state index contributed by atoms with van der Waals surface area (Å²) in [6.07, 6.45) is 0. The number of amidine groups is 1. The number of benzene rings is 2. The van der Waals surface area contributed by atoms with Crippen LogP contribution in [0.15, 0.2) is 58.4 Å². The van der Waals surface area contributed by atoms with Gasteiger partial charge in [0.1, 0.15) is 0 Å². The van der Waals surface area contributed by atoms with Gasteiger partial charge in [-0.05, 0) is 35.9 Å². The van der Waals surface area contributed by atoms with Crippen LogP contribution in [0, 0.1) is 0 Å². The van der Waals surface area contributed by atoms with Gasteiger partial charge in [-0.2, -0.15) is 0 Å². The molecule has 1 atom stereocenters. The Morgan fingerprint density at radius 2 is 1.97 bits per heavy atom. The molecule has 0 spiro atoms. The molecule has 2 aromatic rings. The summed E-state index contributed by atoms with van der Waals surface area (Å²) < 4.78 is 31.1. The molecule has 0 bridgehead atoms. The molecule has 3 rings (SSSR count). The molecule has 0 aromatic heterocycles. The number of rotatable bonds is 6. The van der Waals surface area contributed by atoms with Crippen LogP contribution < -0.4 is 0 Å². The van der Waals surface area contributed by atoms with Crippen LogP contribution in [0.5, 0.6) is 0 Å². The Kier molecular flexibility index (Phi) is 6.97. The average molecular weight is 448 g/mol. The monoisotopic (exact) mass is 447 g/mol. The van der Waals surface area contributed by atoms with Gasteiger partial charge in [0.15, 0.2) is 5.17 Å². The SMILES string of the molecule is COCc1cccc(C(=O)N2CC(C)SC2=Nc2cccc(S(=O)(=O)N(C)C)c2)c1. The number of amides is 1. The van der Waals surface area contributed by atoms with Crippen molar-refractivity contribution in [2.24, 2.45) is 4.99 Å². The Morgan fingerprint density at radius 3 is 2.67 bits per heavy atom. The van der Waals surface area contributed by atoms with Crippen LogP contribution in [0.1, 0.15) is 22.8 Å². The van der Waals surface area contributed by atoms with Crippen LogP contribution in [-0.2, 0) is 21.4 Å². The molecule has 160 valence electrons. The van der Waals surface area contributed by atoms with Crippen molar-refractivity contribution in [3.8, 4) is 0 Å². The maximum absolute atomic E-state index is 13.2. The number of thioether (sulfide) groups is 1. The predicted octanol–water partition coefficient (Wildman–Crippen LogP) is 3.35. The highest BCUT2D eigenvalue weighted by atomic mass is 32.2. The third kappa shape index (κ3) is 4.92. The Labute approximate surface area is 181 Å². The molecule has 1 aliphatic rings. The summed E-state index contributed by atoms with van der Waals surface area (Å²) in [5.74, 6) is -0.138. The lowest BCUT2D eigenvalue weighted by atomic mass is 10.1. The first kappa shape index (κ1) is 22.5. The zero-order valence-electron chi connectivity index (χ0n) is 17.4. The fourth-order valence-electron chi connectivity index (χ4n) is 3.02. The van der Waals surface area contributed by atoms with Gasteiger partial charge in [0.2, 0.25) is 10.0 Å². The molecule has 1 heterocycles. The van der Waals surface area contributed by atoms with Crippen LogP contribution in [0.4, 0.5) is 5.69 Å². The molecule has 1 fully saturated rings. The van der Waals surface area contributed by atoms with Crippen molar-refractivity contribution in [3.63, 3.8) is 0 Å². The van der Waals surface area contributed by atoms with Crippen LogP contribution in [0.25, 0.3) is 0 Å². The van der Waals surface area contributed by atoms with E-state index in [2.05, 4.69) is 4.99 Å². The highest BCUT2D eigenvalue weighted by Crippen LogP contribution is 2.30. The maximum Gasteiger partial charge on any atom is 0.259 e. The highest BCUT2D eigenvalue weighted by Gasteiger charge is 2.31. The number of carbonyl (C=O) groups excluding carboxylic acids is 1. The largest absolute Gasteiger partial charge is 0.380 e. The van der Waals surface area contributed by atoms with Crippen molar-refractivity contribution in [1.29, 1.82) is 0 Å². The van der Waals surface area contributed by atoms with Gasteiger partial charge in [-0.1, -0.05) is 36.9 Å². The van der Waals surface area contributed by atoms with Gasteiger partial charge >= 0.3 is 0 Å². The second kappa shape index (κ2) is 9.30. The molecule has 1 aliphatic heterocycles. The molecule has 0 radical (unpaired) electrons. The third-order valence-corrected chi connectivity index (χ3v) is 7.41. The van der Waals surface area contributed by atoms with Crippen LogP contribution >= 0.6 is 11.8 Å². The Morgan fingerprint density at radius 1 is 1.23 bits per heavy atom. The van der Waals surface area contributed by atoms with Crippen molar-refractivity contribution >= 4 is 38.5 Å². The zero-order chi connectivity index (χ0) is 21.9. The van der Waals surface area contributed by atoms with Crippen LogP contribution in [-0.4, -0.2) is 61.7 Å². The first-order chi connectivity index (χ1) is 14.2. The van der Waals surface area contributed by atoms with E-state index in [0.717, 1.165) is 9.87 Å². The van der Waals surface area contributed by atoms with Crippen molar-refractivity contribution in [3.05, 3.63) is 59.7 Å². The van der Waals surface area contributed by atoms with Gasteiger partial charge in [0.05, 0.1) is 17.2 Å². The summed E-state index contributed by atoms with van der Waals surface area (Å²) in [4.78, 5) is 19.6. The smallest absolute Gasteiger partial charge is 0.259 e. The molecule has 30 heavy (non-hydrogen) atoms. The Bertz CT molecular complexity index is 1070. The van der Waals surface area contributed by atoms with Crippen LogP contribution in [0.2, 0.25) is 0 Å². The second-order valence-corrected chi connectivity index (χ2v) is 10.7. The average Bonchev–Trinajstić information content (AvgIpc) is 3.08. The van der Waals surface area contributed by atoms with Gasteiger partial charge < -0.3 is 4.74 Å². The lowest BCUT2D eigenvalue weighted by molar-refractivity contribution is 0.0855. The first-order valence-corrected chi connectivity index (χ1v) is 11.7. The number of hydrogen-bond acceptors (Lipinski definition) is 6. The number of ether oxygens (including phenoxy) is 1. The van der Waals surface area contributed by atoms with E-state index in [9.17, 15) is 13.2 Å². The summed E-state index contributed by atoms with van der Waals surface area (Å²) in [7, 11) is 1.02. The number of aliphatic imine (C=N–C) groups is 1. The number of hydrogen-bond donors (Lipinski definition) is 0. The number of sulfonamides is 1. The number of nitrogens with zero attached hydrogens (tertiary/aromatic N) is 3. The Hall–Kier alpha value is -2.20. The van der Waals surface area contributed by atoms with Gasteiger partial charge in [-0.15, -0.1) is 0 Å². The predicted molar refractivity (Wildman–Crippen MR) is 120 cm³/mol. The fraction of sp³-hybridized carbons (Fsp3) is 0.333. The second-order valence-electron chi connectivity index (χ2n) is 7.16. The van der Waals surface area contributed by atoms with E-state index in [0.29, 0.717) is 29.6 Å². The van der Waals surface area contributed by atoms with Crippen molar-refractivity contribution in [2.75, 3.05) is 27.7 Å². The highest BCUT2D eigenvalue weighted by molar-refractivity contribution is 8.14. The molecule has 7 nitrogen and oxygen atoms in total. The Balaban J connectivity index is 1.92. The van der Waals surface area contributed by atoms with Gasteiger partial charge in [0, 0.05) is 38.6 Å².